The predicted octanol–water partition coefficient (Wildman–Crippen LogP) is 2.96. The van der Waals surface area contributed by atoms with Crippen LogP contribution in [-0.4, -0.2) is 21.8 Å². The molecule has 102 valence electrons. The molecule has 0 aliphatic rings. The van der Waals surface area contributed by atoms with Crippen molar-refractivity contribution < 1.29 is 5.11 Å². The number of aromatic nitrogens is 2. The first-order chi connectivity index (χ1) is 9.06. The first-order valence-corrected chi connectivity index (χ1v) is 7.21. The summed E-state index contributed by atoms with van der Waals surface area (Å²) >= 11 is 1.56. The van der Waals surface area contributed by atoms with Crippen molar-refractivity contribution in [1.29, 1.82) is 0 Å². The molecule has 2 rings (SSSR count). The molecule has 0 fully saturated rings. The fraction of sp³-hybridized carbons (Fsp3) is 0.429. The topological polar surface area (TPSA) is 58.0 Å². The van der Waals surface area contributed by atoms with Crippen molar-refractivity contribution in [2.45, 2.75) is 27.3 Å². The molecule has 1 heterocycles. The van der Waals surface area contributed by atoms with Gasteiger partial charge in [0.1, 0.15) is 15.8 Å². The summed E-state index contributed by atoms with van der Waals surface area (Å²) in [6.07, 6.45) is 0. The third-order valence-corrected chi connectivity index (χ3v) is 3.72. The maximum absolute atomic E-state index is 9.71. The summed E-state index contributed by atoms with van der Waals surface area (Å²) < 4.78 is 0. The van der Waals surface area contributed by atoms with E-state index in [-0.39, 0.29) is 0 Å². The molecule has 0 amide bonds. The van der Waals surface area contributed by atoms with Crippen LogP contribution in [0.25, 0.3) is 10.6 Å². The lowest BCUT2D eigenvalue weighted by atomic mass is 10.1. The monoisotopic (exact) mass is 277 g/mol. The summed E-state index contributed by atoms with van der Waals surface area (Å²) in [6.45, 7) is 7.94. The Balaban J connectivity index is 2.05. The van der Waals surface area contributed by atoms with Crippen LogP contribution in [0.4, 0.5) is 0 Å². The number of hydrogen-bond donors (Lipinski definition) is 2. The Bertz CT molecular complexity index is 551. The quantitative estimate of drug-likeness (QED) is 0.882. The van der Waals surface area contributed by atoms with Crippen LogP contribution in [0, 0.1) is 12.8 Å². The largest absolute Gasteiger partial charge is 0.508 e. The number of phenolic OH excluding ortho intramolecular Hbond substituents is 1. The first-order valence-electron chi connectivity index (χ1n) is 6.39. The van der Waals surface area contributed by atoms with Gasteiger partial charge in [-0.15, -0.1) is 10.2 Å². The van der Waals surface area contributed by atoms with Crippen LogP contribution < -0.4 is 5.32 Å². The zero-order valence-electron chi connectivity index (χ0n) is 11.5. The Morgan fingerprint density at radius 2 is 2.11 bits per heavy atom. The van der Waals surface area contributed by atoms with Crippen LogP contribution in [-0.2, 0) is 6.54 Å². The summed E-state index contributed by atoms with van der Waals surface area (Å²) in [5.74, 6) is 0.925. The van der Waals surface area contributed by atoms with Crippen LogP contribution in [0.2, 0.25) is 0 Å². The number of rotatable bonds is 5. The fourth-order valence-corrected chi connectivity index (χ4v) is 2.46. The summed E-state index contributed by atoms with van der Waals surface area (Å²) in [5, 5.41) is 23.2. The molecular formula is C14H19N3OS. The molecule has 5 heteroatoms. The molecule has 2 N–H and O–H groups in total. The molecule has 0 atom stereocenters. The van der Waals surface area contributed by atoms with Gasteiger partial charge in [-0.05, 0) is 31.0 Å². The van der Waals surface area contributed by atoms with Crippen LogP contribution in [0.1, 0.15) is 24.4 Å². The molecule has 0 spiro atoms. The Labute approximate surface area is 117 Å². The molecule has 4 nitrogen and oxygen atoms in total. The molecule has 0 unspecified atom stereocenters. The fourth-order valence-electron chi connectivity index (χ4n) is 1.65. The molecule has 1 aromatic heterocycles. The number of nitrogens with zero attached hydrogens (tertiary/aromatic N) is 2. The van der Waals surface area contributed by atoms with E-state index in [1.165, 1.54) is 0 Å². The van der Waals surface area contributed by atoms with E-state index in [2.05, 4.69) is 29.4 Å². The lowest BCUT2D eigenvalue weighted by Crippen LogP contribution is -2.18. The average Bonchev–Trinajstić information content (AvgIpc) is 2.81. The minimum Gasteiger partial charge on any atom is -0.508 e. The van der Waals surface area contributed by atoms with Crippen molar-refractivity contribution in [2.24, 2.45) is 5.92 Å². The minimum atomic E-state index is 0.298. The molecule has 0 saturated heterocycles. The molecule has 0 saturated carbocycles. The SMILES string of the molecule is Cc1ccc(-c2nnc(CNCC(C)C)s2)cc1O. The van der Waals surface area contributed by atoms with Crippen molar-refractivity contribution in [1.82, 2.24) is 15.5 Å². The second-order valence-corrected chi connectivity index (χ2v) is 6.09. The van der Waals surface area contributed by atoms with Gasteiger partial charge in [0.25, 0.3) is 0 Å². The smallest absolute Gasteiger partial charge is 0.147 e. The molecule has 0 bridgehead atoms. The highest BCUT2D eigenvalue weighted by molar-refractivity contribution is 7.14. The molecule has 1 aromatic carbocycles. The van der Waals surface area contributed by atoms with Gasteiger partial charge in [-0.25, -0.2) is 0 Å². The molecular weight excluding hydrogens is 258 g/mol. The Morgan fingerprint density at radius 1 is 1.32 bits per heavy atom. The van der Waals surface area contributed by atoms with Gasteiger partial charge >= 0.3 is 0 Å². The highest BCUT2D eigenvalue weighted by Crippen LogP contribution is 2.28. The van der Waals surface area contributed by atoms with Gasteiger partial charge < -0.3 is 10.4 Å². The standard InChI is InChI=1S/C14H19N3OS/c1-9(2)7-15-8-13-16-17-14(19-13)11-5-4-10(3)12(18)6-11/h4-6,9,15,18H,7-8H2,1-3H3. The zero-order valence-corrected chi connectivity index (χ0v) is 12.3. The number of aryl methyl sites for hydroxylation is 1. The summed E-state index contributed by atoms with van der Waals surface area (Å²) in [4.78, 5) is 0. The Kier molecular flexibility index (Phi) is 4.50. The molecule has 2 aromatic rings. The van der Waals surface area contributed by atoms with Crippen molar-refractivity contribution in [3.63, 3.8) is 0 Å². The van der Waals surface area contributed by atoms with E-state index >= 15 is 0 Å². The molecule has 19 heavy (non-hydrogen) atoms. The van der Waals surface area contributed by atoms with Crippen LogP contribution in [0.3, 0.4) is 0 Å². The van der Waals surface area contributed by atoms with E-state index in [4.69, 9.17) is 0 Å². The van der Waals surface area contributed by atoms with Crippen molar-refractivity contribution in [3.8, 4) is 16.3 Å². The lowest BCUT2D eigenvalue weighted by molar-refractivity contribution is 0.471. The van der Waals surface area contributed by atoms with E-state index in [9.17, 15) is 5.11 Å². The minimum absolute atomic E-state index is 0.298. The zero-order chi connectivity index (χ0) is 13.8. The third-order valence-electron chi connectivity index (χ3n) is 2.75. The summed E-state index contributed by atoms with van der Waals surface area (Å²) in [5.41, 5.74) is 1.78. The van der Waals surface area contributed by atoms with Crippen LogP contribution in [0.5, 0.6) is 5.75 Å². The lowest BCUT2D eigenvalue weighted by Gasteiger charge is -2.04. The third kappa shape index (κ3) is 3.75. The van der Waals surface area contributed by atoms with E-state index < -0.39 is 0 Å². The van der Waals surface area contributed by atoms with Crippen LogP contribution in [0.15, 0.2) is 18.2 Å². The van der Waals surface area contributed by atoms with Gasteiger partial charge in [0.2, 0.25) is 0 Å². The maximum Gasteiger partial charge on any atom is 0.147 e. The highest BCUT2D eigenvalue weighted by Gasteiger charge is 2.08. The number of phenols is 1. The number of aromatic hydroxyl groups is 1. The van der Waals surface area contributed by atoms with E-state index in [1.807, 2.05) is 19.1 Å². The van der Waals surface area contributed by atoms with Crippen LogP contribution >= 0.6 is 11.3 Å². The van der Waals surface area contributed by atoms with Gasteiger partial charge in [0, 0.05) is 12.1 Å². The van der Waals surface area contributed by atoms with E-state index in [1.54, 1.807) is 17.4 Å². The Hall–Kier alpha value is -1.46. The van der Waals surface area contributed by atoms with Gasteiger partial charge in [-0.1, -0.05) is 37.3 Å². The summed E-state index contributed by atoms with van der Waals surface area (Å²) in [6, 6.07) is 5.59. The van der Waals surface area contributed by atoms with Gasteiger partial charge in [-0.2, -0.15) is 0 Å². The van der Waals surface area contributed by atoms with Crippen molar-refractivity contribution in [2.75, 3.05) is 6.54 Å². The van der Waals surface area contributed by atoms with Gasteiger partial charge in [0.15, 0.2) is 0 Å². The molecule has 0 aliphatic heterocycles. The van der Waals surface area contributed by atoms with Gasteiger partial charge in [-0.3, -0.25) is 0 Å². The average molecular weight is 277 g/mol. The summed E-state index contributed by atoms with van der Waals surface area (Å²) in [7, 11) is 0. The number of nitrogens with one attached hydrogen (secondary N) is 1. The normalized spacial score (nSPS) is 11.2. The highest BCUT2D eigenvalue weighted by atomic mass is 32.1. The second-order valence-electron chi connectivity index (χ2n) is 5.03. The number of hydrogen-bond acceptors (Lipinski definition) is 5. The van der Waals surface area contributed by atoms with Crippen molar-refractivity contribution in [3.05, 3.63) is 28.8 Å². The molecule has 0 radical (unpaired) electrons. The maximum atomic E-state index is 9.71. The second kappa shape index (κ2) is 6.12. The van der Waals surface area contributed by atoms with Crippen molar-refractivity contribution >= 4 is 11.3 Å². The van der Waals surface area contributed by atoms with E-state index in [0.29, 0.717) is 11.7 Å². The molecule has 0 aliphatic carbocycles. The van der Waals surface area contributed by atoms with Gasteiger partial charge in [0.05, 0.1) is 0 Å². The van der Waals surface area contributed by atoms with E-state index in [0.717, 1.165) is 34.2 Å². The number of benzene rings is 1. The first kappa shape index (κ1) is 14.0. The predicted molar refractivity (Wildman–Crippen MR) is 78.3 cm³/mol. The Morgan fingerprint density at radius 3 is 2.79 bits per heavy atom.